The average molecular weight is 301 g/mol. The topological polar surface area (TPSA) is 57.6 Å². The summed E-state index contributed by atoms with van der Waals surface area (Å²) in [6, 6.07) is 0.173. The Bertz CT molecular complexity index is 591. The summed E-state index contributed by atoms with van der Waals surface area (Å²) >= 11 is 0. The zero-order valence-electron chi connectivity index (χ0n) is 11.3. The zero-order valence-corrected chi connectivity index (χ0v) is 11.3. The van der Waals surface area contributed by atoms with E-state index >= 15 is 0 Å². The van der Waals surface area contributed by atoms with Gasteiger partial charge in [-0.1, -0.05) is 0 Å². The summed E-state index contributed by atoms with van der Waals surface area (Å²) in [5.74, 6) is -6.48. The van der Waals surface area contributed by atoms with E-state index in [9.17, 15) is 22.8 Å². The molecule has 1 aliphatic rings. The maximum absolute atomic E-state index is 13.6. The number of amides is 1. The summed E-state index contributed by atoms with van der Waals surface area (Å²) in [5.41, 5.74) is -0.591. The maximum Gasteiger partial charge on any atom is 0.308 e. The van der Waals surface area contributed by atoms with Crippen molar-refractivity contribution < 1.29 is 27.9 Å². The van der Waals surface area contributed by atoms with Crippen LogP contribution in [0, 0.1) is 23.4 Å². The van der Waals surface area contributed by atoms with Crippen LogP contribution in [0.2, 0.25) is 0 Å². The quantitative estimate of drug-likeness (QED) is 0.854. The molecule has 0 unspecified atom stereocenters. The first kappa shape index (κ1) is 15.3. The first-order chi connectivity index (χ1) is 9.82. The number of aliphatic carboxylic acids is 1. The minimum Gasteiger partial charge on any atom is -0.481 e. The van der Waals surface area contributed by atoms with Gasteiger partial charge in [-0.15, -0.1) is 0 Å². The molecule has 0 aromatic heterocycles. The van der Waals surface area contributed by atoms with Crippen LogP contribution in [0.15, 0.2) is 12.1 Å². The van der Waals surface area contributed by atoms with Crippen LogP contribution in [0.25, 0.3) is 0 Å². The minimum atomic E-state index is -1.38. The van der Waals surface area contributed by atoms with Crippen molar-refractivity contribution in [3.8, 4) is 0 Å². The number of rotatable bonds is 2. The van der Waals surface area contributed by atoms with E-state index in [1.165, 1.54) is 4.90 Å². The summed E-state index contributed by atoms with van der Waals surface area (Å²) < 4.78 is 39.7. The van der Waals surface area contributed by atoms with Crippen molar-refractivity contribution >= 4 is 11.9 Å². The van der Waals surface area contributed by atoms with Crippen LogP contribution in [-0.2, 0) is 4.79 Å². The number of carbonyl (C=O) groups excluding carboxylic acids is 1. The third kappa shape index (κ3) is 2.86. The number of hydrogen-bond donors (Lipinski definition) is 1. The number of nitrogens with zero attached hydrogens (tertiary/aromatic N) is 1. The lowest BCUT2D eigenvalue weighted by Gasteiger charge is -2.37. The lowest BCUT2D eigenvalue weighted by Crippen LogP contribution is -2.49. The zero-order chi connectivity index (χ0) is 15.7. The smallest absolute Gasteiger partial charge is 0.308 e. The fourth-order valence-corrected chi connectivity index (χ4v) is 2.60. The highest BCUT2D eigenvalue weighted by Gasteiger charge is 2.36. The van der Waals surface area contributed by atoms with Crippen molar-refractivity contribution in [1.82, 2.24) is 4.90 Å². The monoisotopic (exact) mass is 301 g/mol. The Kier molecular flexibility index (Phi) is 4.20. The lowest BCUT2D eigenvalue weighted by atomic mass is 9.90. The van der Waals surface area contributed by atoms with Crippen molar-refractivity contribution in [3.05, 3.63) is 35.1 Å². The molecule has 0 saturated carbocycles. The van der Waals surface area contributed by atoms with Crippen LogP contribution in [0.4, 0.5) is 13.2 Å². The first-order valence-corrected chi connectivity index (χ1v) is 6.51. The number of carboxylic acids is 1. The molecule has 0 bridgehead atoms. The fourth-order valence-electron chi connectivity index (χ4n) is 2.60. The average Bonchev–Trinajstić information content (AvgIpc) is 2.42. The van der Waals surface area contributed by atoms with Crippen LogP contribution in [0.3, 0.4) is 0 Å². The van der Waals surface area contributed by atoms with E-state index in [1.54, 1.807) is 6.92 Å². The van der Waals surface area contributed by atoms with Gasteiger partial charge < -0.3 is 10.0 Å². The number of likely N-dealkylation sites (tertiary alicyclic amines) is 1. The predicted molar refractivity (Wildman–Crippen MR) is 67.2 cm³/mol. The number of piperidine rings is 1. The maximum atomic E-state index is 13.6. The third-order valence-electron chi connectivity index (χ3n) is 3.81. The van der Waals surface area contributed by atoms with Crippen LogP contribution in [0.1, 0.15) is 30.1 Å². The van der Waals surface area contributed by atoms with Crippen LogP contribution >= 0.6 is 0 Å². The van der Waals surface area contributed by atoms with E-state index in [4.69, 9.17) is 5.11 Å². The van der Waals surface area contributed by atoms with E-state index in [-0.39, 0.29) is 6.54 Å². The van der Waals surface area contributed by atoms with Gasteiger partial charge >= 0.3 is 5.97 Å². The Morgan fingerprint density at radius 3 is 2.43 bits per heavy atom. The lowest BCUT2D eigenvalue weighted by molar-refractivity contribution is -0.144. The highest BCUT2D eigenvalue weighted by Crippen LogP contribution is 2.26. The highest BCUT2D eigenvalue weighted by atomic mass is 19.2. The molecular formula is C14H14F3NO3. The molecule has 1 saturated heterocycles. The second-order valence-corrected chi connectivity index (χ2v) is 5.07. The third-order valence-corrected chi connectivity index (χ3v) is 3.81. The van der Waals surface area contributed by atoms with Gasteiger partial charge in [0, 0.05) is 18.7 Å². The summed E-state index contributed by atoms with van der Waals surface area (Å²) in [5, 5.41) is 9.09. The molecule has 1 aliphatic heterocycles. The number of halogens is 3. The van der Waals surface area contributed by atoms with Crippen molar-refractivity contribution in [1.29, 1.82) is 0 Å². The Morgan fingerprint density at radius 1 is 1.19 bits per heavy atom. The molecular weight excluding hydrogens is 287 g/mol. The summed E-state index contributed by atoms with van der Waals surface area (Å²) in [6.07, 6.45) is 0.874. The van der Waals surface area contributed by atoms with Crippen molar-refractivity contribution in [2.45, 2.75) is 25.8 Å². The van der Waals surface area contributed by atoms with Gasteiger partial charge in [0.05, 0.1) is 11.5 Å². The first-order valence-electron chi connectivity index (χ1n) is 6.51. The van der Waals surface area contributed by atoms with Gasteiger partial charge in [-0.25, -0.2) is 13.2 Å². The number of benzene rings is 1. The molecule has 0 spiro atoms. The van der Waals surface area contributed by atoms with E-state index in [1.807, 2.05) is 0 Å². The Balaban J connectivity index is 2.31. The fraction of sp³-hybridized carbons (Fsp3) is 0.429. The summed E-state index contributed by atoms with van der Waals surface area (Å²) in [6.45, 7) is 1.80. The Labute approximate surface area is 119 Å². The van der Waals surface area contributed by atoms with Crippen LogP contribution in [-0.4, -0.2) is 34.5 Å². The van der Waals surface area contributed by atoms with Gasteiger partial charge in [0.1, 0.15) is 5.82 Å². The van der Waals surface area contributed by atoms with Gasteiger partial charge in [0.25, 0.3) is 5.91 Å². The largest absolute Gasteiger partial charge is 0.481 e. The van der Waals surface area contributed by atoms with Crippen molar-refractivity contribution in [3.63, 3.8) is 0 Å². The Hall–Kier alpha value is -2.05. The molecule has 0 aliphatic carbocycles. The normalized spacial score (nSPS) is 22.2. The van der Waals surface area contributed by atoms with Gasteiger partial charge in [-0.2, -0.15) is 0 Å². The van der Waals surface area contributed by atoms with Gasteiger partial charge in [-0.05, 0) is 25.8 Å². The molecule has 1 N–H and O–H groups in total. The molecule has 1 fully saturated rings. The molecule has 1 heterocycles. The van der Waals surface area contributed by atoms with E-state index in [2.05, 4.69) is 0 Å². The highest BCUT2D eigenvalue weighted by molar-refractivity contribution is 5.95. The van der Waals surface area contributed by atoms with Crippen molar-refractivity contribution in [2.75, 3.05) is 6.54 Å². The SMILES string of the molecule is C[C@@H]1[C@H](C(=O)O)CCCN1C(=O)c1cc(F)c(F)cc1F. The predicted octanol–water partition coefficient (Wildman–Crippen LogP) is 2.43. The van der Waals surface area contributed by atoms with Crippen molar-refractivity contribution in [2.24, 2.45) is 5.92 Å². The van der Waals surface area contributed by atoms with Gasteiger partial charge in [0.2, 0.25) is 0 Å². The molecule has 21 heavy (non-hydrogen) atoms. The second-order valence-electron chi connectivity index (χ2n) is 5.07. The number of carbonyl (C=O) groups is 2. The molecule has 2 rings (SSSR count). The summed E-state index contributed by atoms with van der Waals surface area (Å²) in [4.78, 5) is 24.6. The van der Waals surface area contributed by atoms with E-state index < -0.39 is 46.9 Å². The van der Waals surface area contributed by atoms with Gasteiger partial charge in [0.15, 0.2) is 11.6 Å². The number of hydrogen-bond acceptors (Lipinski definition) is 2. The molecule has 2 atom stereocenters. The minimum absolute atomic E-state index is 0.252. The van der Waals surface area contributed by atoms with E-state index in [0.29, 0.717) is 25.0 Å². The molecule has 1 aromatic carbocycles. The van der Waals surface area contributed by atoms with Crippen LogP contribution in [0.5, 0.6) is 0 Å². The molecule has 114 valence electrons. The van der Waals surface area contributed by atoms with Crippen LogP contribution < -0.4 is 0 Å². The molecule has 1 amide bonds. The second kappa shape index (κ2) is 5.75. The molecule has 4 nitrogen and oxygen atoms in total. The standard InChI is InChI=1S/C14H14F3NO3/c1-7-8(14(20)21)3-2-4-18(7)13(19)9-5-11(16)12(17)6-10(9)15/h5-8H,2-4H2,1H3,(H,20,21)/t7-,8-/m1/s1. The molecule has 0 radical (unpaired) electrons. The van der Waals surface area contributed by atoms with Gasteiger partial charge in [-0.3, -0.25) is 9.59 Å². The van der Waals surface area contributed by atoms with E-state index in [0.717, 1.165) is 0 Å². The summed E-state index contributed by atoms with van der Waals surface area (Å²) in [7, 11) is 0. The number of carboxylic acid groups (broad SMARTS) is 1. The Morgan fingerprint density at radius 2 is 1.81 bits per heavy atom. The molecule has 7 heteroatoms. The molecule has 1 aromatic rings.